The van der Waals surface area contributed by atoms with Gasteiger partial charge >= 0.3 is 0 Å². The number of hydrogen-bond donors (Lipinski definition) is 1. The maximum absolute atomic E-state index is 12.7. The highest BCUT2D eigenvalue weighted by molar-refractivity contribution is 7.19. The van der Waals surface area contributed by atoms with Gasteiger partial charge in [0.2, 0.25) is 11.8 Å². The quantitative estimate of drug-likeness (QED) is 0.324. The van der Waals surface area contributed by atoms with Gasteiger partial charge in [0.25, 0.3) is 5.69 Å². The molecule has 2 atom stereocenters. The number of amides is 2. The summed E-state index contributed by atoms with van der Waals surface area (Å²) in [4.78, 5) is 42.9. The topological polar surface area (TPSA) is 120 Å². The first-order chi connectivity index (χ1) is 17.1. The first-order valence-electron chi connectivity index (χ1n) is 11.9. The van der Waals surface area contributed by atoms with Gasteiger partial charge in [-0.2, -0.15) is 0 Å². The molecule has 2 saturated heterocycles. The van der Waals surface area contributed by atoms with Crippen molar-refractivity contribution in [2.75, 3.05) is 26.3 Å². The maximum atomic E-state index is 12.7. The number of fused-ring (bicyclic) bond motifs is 2. The molecule has 3 fully saturated rings. The minimum atomic E-state index is -0.380. The molecule has 2 unspecified atom stereocenters. The molecule has 2 aliphatic heterocycles. The summed E-state index contributed by atoms with van der Waals surface area (Å²) < 4.78 is 7.69. The summed E-state index contributed by atoms with van der Waals surface area (Å²) in [5, 5.41) is 14.5. The van der Waals surface area contributed by atoms with Gasteiger partial charge in [-0.3, -0.25) is 29.6 Å². The predicted molar refractivity (Wildman–Crippen MR) is 135 cm³/mol. The van der Waals surface area contributed by atoms with Gasteiger partial charge in [-0.25, -0.2) is 0 Å². The molecule has 1 N–H and O–H groups in total. The summed E-state index contributed by atoms with van der Waals surface area (Å²) in [5.41, 5.74) is 2.75. The lowest BCUT2D eigenvalue weighted by Gasteiger charge is -2.19. The van der Waals surface area contributed by atoms with Crippen LogP contribution in [0.25, 0.3) is 21.5 Å². The Balaban J connectivity index is 0.000000391. The van der Waals surface area contributed by atoms with Gasteiger partial charge in [-0.05, 0) is 24.5 Å². The molecule has 1 saturated carbocycles. The number of nitro groups is 1. The monoisotopic (exact) mass is 511 g/mol. The van der Waals surface area contributed by atoms with Crippen molar-refractivity contribution in [3.8, 4) is 11.3 Å². The van der Waals surface area contributed by atoms with E-state index in [4.69, 9.17) is 4.74 Å². The first-order valence-corrected chi connectivity index (χ1v) is 12.8. The van der Waals surface area contributed by atoms with Gasteiger partial charge in [0.1, 0.15) is 0 Å². The molecule has 5 heterocycles. The fourth-order valence-electron chi connectivity index (χ4n) is 5.22. The average Bonchev–Trinajstić information content (AvgIpc) is 3.14. The summed E-state index contributed by atoms with van der Waals surface area (Å²) in [6, 6.07) is 5.31. The third-order valence-electron chi connectivity index (χ3n) is 7.50. The number of aromatic nitrogens is 2. The van der Waals surface area contributed by atoms with Crippen LogP contribution in [0.15, 0.2) is 24.4 Å². The van der Waals surface area contributed by atoms with E-state index in [0.717, 1.165) is 52.7 Å². The lowest BCUT2D eigenvalue weighted by atomic mass is 10.1. The number of ether oxygens (including phenoxy) is 1. The number of rotatable bonds is 4. The van der Waals surface area contributed by atoms with Crippen LogP contribution in [0, 0.1) is 34.3 Å². The fourth-order valence-corrected chi connectivity index (χ4v) is 6.35. The summed E-state index contributed by atoms with van der Waals surface area (Å²) in [6.45, 7) is 9.73. The van der Waals surface area contributed by atoms with Crippen molar-refractivity contribution in [2.45, 2.75) is 27.3 Å². The summed E-state index contributed by atoms with van der Waals surface area (Å²) in [6.07, 6.45) is 1.67. The third-order valence-corrected chi connectivity index (χ3v) is 8.64. The minimum Gasteiger partial charge on any atom is -0.379 e. The zero-order valence-corrected chi connectivity index (χ0v) is 21.6. The van der Waals surface area contributed by atoms with Gasteiger partial charge in [0.15, 0.2) is 0 Å². The van der Waals surface area contributed by atoms with E-state index < -0.39 is 0 Å². The zero-order valence-electron chi connectivity index (χ0n) is 20.7. The molecular formula is C25H29N5O5S. The zero-order chi connectivity index (χ0) is 25.8. The molecule has 0 bridgehead atoms. The number of piperidine rings is 1. The van der Waals surface area contributed by atoms with E-state index in [2.05, 4.69) is 10.3 Å². The van der Waals surface area contributed by atoms with Crippen LogP contribution < -0.4 is 5.32 Å². The maximum Gasteiger partial charge on any atom is 0.290 e. The highest BCUT2D eigenvalue weighted by Crippen LogP contribution is 2.63. The van der Waals surface area contributed by atoms with Crippen molar-refractivity contribution in [1.29, 1.82) is 0 Å². The molecule has 11 heteroatoms. The number of carbonyl (C=O) groups excluding carboxylic acids is 2. The molecular weight excluding hydrogens is 482 g/mol. The van der Waals surface area contributed by atoms with Gasteiger partial charge in [-0.15, -0.1) is 11.3 Å². The second-order valence-electron chi connectivity index (χ2n) is 10.0. The number of nitrogens with zero attached hydrogens (tertiary/aromatic N) is 4. The van der Waals surface area contributed by atoms with Crippen LogP contribution >= 0.6 is 11.3 Å². The predicted octanol–water partition coefficient (Wildman–Crippen LogP) is 3.27. The molecule has 190 valence electrons. The first kappa shape index (κ1) is 24.5. The SMILES string of the molecule is C1COCCN1.Cc1c([N+](=O)[O-])cc(-c2ccnc3cc(CN4C(=O)C5C(C4=O)C5(C)C)sc23)n1C. The van der Waals surface area contributed by atoms with Crippen molar-refractivity contribution in [2.24, 2.45) is 24.3 Å². The standard InChI is InChI=1S/C21H20N4O4S.C4H9NO/c1-10-14(25(28)29)8-15(23(10)4)12-5-6-22-13-7-11(30-18(12)13)9-24-19(26)16-17(20(24)27)21(16,2)3;1-3-6-4-2-5-1/h5-8,16-17H,9H2,1-4H3;5H,1-4H2. The molecule has 2 amide bonds. The van der Waals surface area contributed by atoms with Crippen LogP contribution in [0.3, 0.4) is 0 Å². The number of hydrogen-bond acceptors (Lipinski definition) is 8. The average molecular weight is 512 g/mol. The van der Waals surface area contributed by atoms with E-state index >= 15 is 0 Å². The Labute approximate surface area is 212 Å². The largest absolute Gasteiger partial charge is 0.379 e. The van der Waals surface area contributed by atoms with Crippen LogP contribution in [0.4, 0.5) is 5.69 Å². The molecule has 10 nitrogen and oxygen atoms in total. The van der Waals surface area contributed by atoms with E-state index in [1.165, 1.54) is 16.2 Å². The van der Waals surface area contributed by atoms with Gasteiger partial charge < -0.3 is 14.6 Å². The molecule has 0 radical (unpaired) electrons. The minimum absolute atomic E-state index is 0.0735. The van der Waals surface area contributed by atoms with Crippen molar-refractivity contribution in [3.63, 3.8) is 0 Å². The number of nitrogens with one attached hydrogen (secondary N) is 1. The number of pyridine rings is 1. The number of morpholine rings is 1. The highest BCUT2D eigenvalue weighted by Gasteiger charge is 2.72. The van der Waals surface area contributed by atoms with E-state index in [1.807, 2.05) is 26.0 Å². The van der Waals surface area contributed by atoms with E-state index in [0.29, 0.717) is 5.69 Å². The van der Waals surface area contributed by atoms with E-state index in [1.54, 1.807) is 30.8 Å². The molecule has 0 aromatic carbocycles. The molecule has 3 aromatic heterocycles. The molecule has 6 rings (SSSR count). The fraction of sp³-hybridized carbons (Fsp3) is 0.480. The van der Waals surface area contributed by atoms with Gasteiger partial charge in [0.05, 0.1) is 58.1 Å². The van der Waals surface area contributed by atoms with Crippen LogP contribution in [0.5, 0.6) is 0 Å². The Hall–Kier alpha value is -3.15. The summed E-state index contributed by atoms with van der Waals surface area (Å²) in [5.74, 6) is -0.566. The van der Waals surface area contributed by atoms with Crippen LogP contribution in [-0.4, -0.2) is 57.5 Å². The lowest BCUT2D eigenvalue weighted by molar-refractivity contribution is -0.385. The van der Waals surface area contributed by atoms with E-state index in [9.17, 15) is 19.7 Å². The molecule has 36 heavy (non-hydrogen) atoms. The number of imide groups is 1. The van der Waals surface area contributed by atoms with Gasteiger partial charge in [-0.1, -0.05) is 13.8 Å². The summed E-state index contributed by atoms with van der Waals surface area (Å²) in [7, 11) is 1.80. The molecule has 3 aromatic rings. The second kappa shape index (κ2) is 9.06. The Morgan fingerprint density at radius 2 is 1.89 bits per heavy atom. The van der Waals surface area contributed by atoms with Crippen molar-refractivity contribution in [3.05, 3.63) is 45.1 Å². The second-order valence-corrected chi connectivity index (χ2v) is 11.1. The van der Waals surface area contributed by atoms with Crippen molar-refractivity contribution >= 4 is 39.1 Å². The third kappa shape index (κ3) is 4.00. The Bertz CT molecular complexity index is 1340. The number of carbonyl (C=O) groups is 2. The molecule has 1 aliphatic carbocycles. The Morgan fingerprint density at radius 1 is 1.22 bits per heavy atom. The van der Waals surface area contributed by atoms with Crippen molar-refractivity contribution < 1.29 is 19.2 Å². The highest BCUT2D eigenvalue weighted by atomic mass is 32.1. The van der Waals surface area contributed by atoms with Crippen LogP contribution in [-0.2, 0) is 27.9 Å². The molecule has 3 aliphatic rings. The molecule has 0 spiro atoms. The van der Waals surface area contributed by atoms with E-state index in [-0.39, 0.29) is 46.2 Å². The normalized spacial score (nSPS) is 22.4. The number of thiophene rings is 1. The van der Waals surface area contributed by atoms with Crippen LogP contribution in [0.1, 0.15) is 24.4 Å². The number of likely N-dealkylation sites (tertiary alicyclic amines) is 1. The van der Waals surface area contributed by atoms with Crippen LogP contribution in [0.2, 0.25) is 0 Å². The lowest BCUT2D eigenvalue weighted by Crippen LogP contribution is -2.35. The van der Waals surface area contributed by atoms with Crippen molar-refractivity contribution in [1.82, 2.24) is 19.8 Å². The smallest absolute Gasteiger partial charge is 0.290 e. The Kier molecular flexibility index (Phi) is 6.17. The Morgan fingerprint density at radius 3 is 2.42 bits per heavy atom. The van der Waals surface area contributed by atoms with Gasteiger partial charge in [0, 0.05) is 42.8 Å². The summed E-state index contributed by atoms with van der Waals surface area (Å²) >= 11 is 1.47.